The van der Waals surface area contributed by atoms with Crippen LogP contribution in [0, 0.1) is 5.92 Å². The minimum Gasteiger partial charge on any atom is -0.314 e. The van der Waals surface area contributed by atoms with Gasteiger partial charge in [-0.05, 0) is 40.2 Å². The van der Waals surface area contributed by atoms with Crippen LogP contribution in [0.3, 0.4) is 0 Å². The van der Waals surface area contributed by atoms with E-state index in [1.54, 1.807) is 6.20 Å². The van der Waals surface area contributed by atoms with Crippen LogP contribution in [0.1, 0.15) is 39.7 Å². The zero-order valence-corrected chi connectivity index (χ0v) is 12.5. The summed E-state index contributed by atoms with van der Waals surface area (Å²) in [6, 6.07) is 2.52. The first-order valence-corrected chi connectivity index (χ1v) is 6.65. The first-order chi connectivity index (χ1) is 8.58. The second-order valence-electron chi connectivity index (χ2n) is 5.32. The van der Waals surface area contributed by atoms with Crippen molar-refractivity contribution in [1.29, 1.82) is 0 Å². The molecule has 1 aromatic rings. The van der Waals surface area contributed by atoms with Crippen LogP contribution in [-0.4, -0.2) is 28.3 Å². The lowest BCUT2D eigenvalue weighted by Gasteiger charge is -2.27. The molecule has 0 spiro atoms. The Kier molecular flexibility index (Phi) is 5.82. The molecule has 2 heterocycles. The monoisotopic (exact) mass is 286 g/mol. The molecule has 2 N–H and O–H groups in total. The molecule has 0 unspecified atom stereocenters. The Balaban J connectivity index is 0.00000180. The van der Waals surface area contributed by atoms with Gasteiger partial charge in [0.25, 0.3) is 0 Å². The van der Waals surface area contributed by atoms with Crippen LogP contribution in [0.15, 0.2) is 12.3 Å². The van der Waals surface area contributed by atoms with E-state index in [9.17, 15) is 4.79 Å². The molecule has 6 heteroatoms. The zero-order valence-electron chi connectivity index (χ0n) is 11.7. The number of carbonyl (C=O) groups excluding carboxylic acids is 1. The van der Waals surface area contributed by atoms with Gasteiger partial charge in [-0.3, -0.25) is 4.79 Å². The number of hydrogen-bond acceptors (Lipinski definition) is 3. The Morgan fingerprint density at radius 2 is 2.32 bits per heavy atom. The summed E-state index contributed by atoms with van der Waals surface area (Å²) in [5.74, 6) is 1.02. The van der Waals surface area contributed by atoms with Crippen molar-refractivity contribution in [3.63, 3.8) is 0 Å². The van der Waals surface area contributed by atoms with E-state index >= 15 is 0 Å². The van der Waals surface area contributed by atoms with Crippen molar-refractivity contribution in [2.24, 2.45) is 5.92 Å². The molecule has 0 radical (unpaired) electrons. The summed E-state index contributed by atoms with van der Waals surface area (Å²) < 4.78 is 1.84. The van der Waals surface area contributed by atoms with Crippen LogP contribution in [-0.2, 0) is 4.79 Å². The Bertz CT molecular complexity index is 419. The maximum atomic E-state index is 12.2. The molecule has 1 saturated heterocycles. The minimum atomic E-state index is 0. The molecular weight excluding hydrogens is 264 g/mol. The molecule has 108 valence electrons. The number of hydrogen-bond donors (Lipinski definition) is 2. The molecule has 1 aromatic heterocycles. The van der Waals surface area contributed by atoms with Crippen LogP contribution in [0.25, 0.3) is 0 Å². The van der Waals surface area contributed by atoms with Gasteiger partial charge in [0, 0.05) is 24.1 Å². The van der Waals surface area contributed by atoms with Crippen molar-refractivity contribution < 1.29 is 4.79 Å². The van der Waals surface area contributed by atoms with E-state index in [4.69, 9.17) is 0 Å². The van der Waals surface area contributed by atoms with Gasteiger partial charge in [-0.25, -0.2) is 4.68 Å². The zero-order chi connectivity index (χ0) is 13.1. The van der Waals surface area contributed by atoms with Crippen LogP contribution < -0.4 is 10.6 Å². The number of aromatic nitrogens is 2. The summed E-state index contributed by atoms with van der Waals surface area (Å²) in [5, 5.41) is 10.6. The standard InChI is InChI=1S/C13H22N4O.ClH/c1-9(2)17-12(5-7-15-17)16-13(18)11-4-6-14-10(3)8-11;/h5,7,9-11,14H,4,6,8H2,1-3H3,(H,16,18);1H/t10-,11-;/m0./s1. The fourth-order valence-electron chi connectivity index (χ4n) is 2.42. The van der Waals surface area contributed by atoms with Crippen molar-refractivity contribution in [3.8, 4) is 0 Å². The third kappa shape index (κ3) is 3.94. The van der Waals surface area contributed by atoms with E-state index in [1.807, 2.05) is 10.7 Å². The average molecular weight is 287 g/mol. The van der Waals surface area contributed by atoms with Crippen LogP contribution >= 0.6 is 12.4 Å². The van der Waals surface area contributed by atoms with E-state index in [2.05, 4.69) is 36.5 Å². The molecule has 1 fully saturated rings. The van der Waals surface area contributed by atoms with Crippen molar-refractivity contribution >= 4 is 24.1 Å². The molecule has 1 aliphatic heterocycles. The molecule has 2 atom stereocenters. The Morgan fingerprint density at radius 1 is 1.58 bits per heavy atom. The Morgan fingerprint density at radius 3 is 2.95 bits per heavy atom. The van der Waals surface area contributed by atoms with Crippen LogP contribution in [0.4, 0.5) is 5.82 Å². The Hall–Kier alpha value is -1.07. The second-order valence-corrected chi connectivity index (χ2v) is 5.32. The predicted molar refractivity (Wildman–Crippen MR) is 78.7 cm³/mol. The summed E-state index contributed by atoms with van der Waals surface area (Å²) in [4.78, 5) is 12.2. The molecule has 0 aliphatic carbocycles. The highest BCUT2D eigenvalue weighted by molar-refractivity contribution is 5.91. The number of nitrogens with one attached hydrogen (secondary N) is 2. The van der Waals surface area contributed by atoms with Crippen LogP contribution in [0.5, 0.6) is 0 Å². The number of rotatable bonds is 3. The maximum absolute atomic E-state index is 12.2. The fraction of sp³-hybridized carbons (Fsp3) is 0.692. The summed E-state index contributed by atoms with van der Waals surface area (Å²) in [6.07, 6.45) is 3.54. The Labute approximate surface area is 120 Å². The molecule has 5 nitrogen and oxygen atoms in total. The number of anilines is 1. The van der Waals surface area contributed by atoms with Gasteiger partial charge in [-0.1, -0.05) is 0 Å². The van der Waals surface area contributed by atoms with Gasteiger partial charge < -0.3 is 10.6 Å². The van der Waals surface area contributed by atoms with E-state index in [0.29, 0.717) is 6.04 Å². The third-order valence-electron chi connectivity index (χ3n) is 3.41. The highest BCUT2D eigenvalue weighted by Gasteiger charge is 2.25. The minimum absolute atomic E-state index is 0. The summed E-state index contributed by atoms with van der Waals surface area (Å²) in [5.41, 5.74) is 0. The normalized spacial score (nSPS) is 22.9. The smallest absolute Gasteiger partial charge is 0.228 e. The quantitative estimate of drug-likeness (QED) is 0.896. The summed E-state index contributed by atoms with van der Waals surface area (Å²) in [6.45, 7) is 7.14. The number of carbonyl (C=O) groups is 1. The van der Waals surface area contributed by atoms with Gasteiger partial charge in [0.15, 0.2) is 0 Å². The lowest BCUT2D eigenvalue weighted by Crippen LogP contribution is -2.40. The highest BCUT2D eigenvalue weighted by Crippen LogP contribution is 2.19. The van der Waals surface area contributed by atoms with Gasteiger partial charge in [0.1, 0.15) is 5.82 Å². The van der Waals surface area contributed by atoms with Gasteiger partial charge >= 0.3 is 0 Å². The van der Waals surface area contributed by atoms with Crippen molar-refractivity contribution in [2.75, 3.05) is 11.9 Å². The molecule has 0 saturated carbocycles. The van der Waals surface area contributed by atoms with Gasteiger partial charge in [-0.2, -0.15) is 5.10 Å². The predicted octanol–water partition coefficient (Wildman–Crippen LogP) is 2.21. The first kappa shape index (κ1) is 16.0. The SMILES string of the molecule is CC(C)n1nccc1NC(=O)[C@H]1CCN[C@@H](C)C1.Cl. The number of halogens is 1. The number of nitrogens with zero attached hydrogens (tertiary/aromatic N) is 2. The fourth-order valence-corrected chi connectivity index (χ4v) is 2.42. The van der Waals surface area contributed by atoms with E-state index in [1.165, 1.54) is 0 Å². The maximum Gasteiger partial charge on any atom is 0.228 e. The third-order valence-corrected chi connectivity index (χ3v) is 3.41. The van der Waals surface area contributed by atoms with Crippen molar-refractivity contribution in [1.82, 2.24) is 15.1 Å². The van der Waals surface area contributed by atoms with E-state index < -0.39 is 0 Å². The van der Waals surface area contributed by atoms with Gasteiger partial charge in [0.2, 0.25) is 5.91 Å². The first-order valence-electron chi connectivity index (χ1n) is 6.65. The average Bonchev–Trinajstić information content (AvgIpc) is 2.77. The number of amides is 1. The van der Waals surface area contributed by atoms with Gasteiger partial charge in [-0.15, -0.1) is 12.4 Å². The van der Waals surface area contributed by atoms with E-state index in [0.717, 1.165) is 25.2 Å². The molecule has 19 heavy (non-hydrogen) atoms. The highest BCUT2D eigenvalue weighted by atomic mass is 35.5. The molecule has 0 aromatic carbocycles. The van der Waals surface area contributed by atoms with Crippen molar-refractivity contribution in [3.05, 3.63) is 12.3 Å². The molecule has 1 amide bonds. The topological polar surface area (TPSA) is 59.0 Å². The second kappa shape index (κ2) is 6.91. The van der Waals surface area contributed by atoms with Crippen molar-refractivity contribution in [2.45, 2.75) is 45.7 Å². The molecule has 0 bridgehead atoms. The lowest BCUT2D eigenvalue weighted by molar-refractivity contribution is -0.120. The van der Waals surface area contributed by atoms with Crippen LogP contribution in [0.2, 0.25) is 0 Å². The molecule has 1 aliphatic rings. The largest absolute Gasteiger partial charge is 0.314 e. The lowest BCUT2D eigenvalue weighted by atomic mass is 9.92. The van der Waals surface area contributed by atoms with Gasteiger partial charge in [0.05, 0.1) is 6.20 Å². The number of piperidine rings is 1. The molecular formula is C13H23ClN4O. The summed E-state index contributed by atoms with van der Waals surface area (Å²) >= 11 is 0. The summed E-state index contributed by atoms with van der Waals surface area (Å²) in [7, 11) is 0. The molecule has 2 rings (SSSR count). The van der Waals surface area contributed by atoms with E-state index in [-0.39, 0.29) is 30.3 Å².